The van der Waals surface area contributed by atoms with E-state index in [0.717, 1.165) is 5.56 Å². The molecule has 0 bridgehead atoms. The third-order valence-corrected chi connectivity index (χ3v) is 3.93. The van der Waals surface area contributed by atoms with E-state index in [0.29, 0.717) is 17.8 Å². The van der Waals surface area contributed by atoms with Gasteiger partial charge in [-0.1, -0.05) is 41.7 Å². The normalized spacial score (nSPS) is 12.8. The van der Waals surface area contributed by atoms with E-state index in [1.54, 1.807) is 0 Å². The summed E-state index contributed by atoms with van der Waals surface area (Å²) < 4.78 is 37.6. The zero-order valence-electron chi connectivity index (χ0n) is 11.9. The van der Waals surface area contributed by atoms with Crippen LogP contribution in [0, 0.1) is 0 Å². The molecule has 1 aromatic carbocycles. The van der Waals surface area contributed by atoms with Crippen molar-refractivity contribution in [1.29, 1.82) is 0 Å². The number of benzene rings is 1. The first-order valence-electron chi connectivity index (χ1n) is 6.77. The fourth-order valence-corrected chi connectivity index (χ4v) is 2.68. The van der Waals surface area contributed by atoms with Crippen molar-refractivity contribution in [3.63, 3.8) is 0 Å². The number of aliphatic carboxylic acids is 1. The Labute approximate surface area is 134 Å². The molecule has 1 unspecified atom stereocenters. The topological polar surface area (TPSA) is 75.1 Å². The summed E-state index contributed by atoms with van der Waals surface area (Å²) in [6.45, 7) is 0. The van der Waals surface area contributed by atoms with E-state index in [9.17, 15) is 18.0 Å². The average Bonchev–Trinajstić information content (AvgIpc) is 2.94. The zero-order chi connectivity index (χ0) is 16.9. The van der Waals surface area contributed by atoms with Crippen molar-refractivity contribution in [2.45, 2.75) is 31.5 Å². The molecule has 0 amide bonds. The Morgan fingerprint density at radius 3 is 2.52 bits per heavy atom. The number of nitrogens with one attached hydrogen (secondary N) is 1. The van der Waals surface area contributed by atoms with Crippen molar-refractivity contribution in [2.24, 2.45) is 0 Å². The van der Waals surface area contributed by atoms with Gasteiger partial charge in [-0.05, 0) is 18.4 Å². The molecular weight excluding hydrogens is 331 g/mol. The zero-order valence-corrected chi connectivity index (χ0v) is 12.7. The van der Waals surface area contributed by atoms with E-state index in [4.69, 9.17) is 5.11 Å². The average molecular weight is 345 g/mol. The molecule has 0 saturated carbocycles. The molecule has 0 fully saturated rings. The van der Waals surface area contributed by atoms with E-state index >= 15 is 0 Å². The highest BCUT2D eigenvalue weighted by Gasteiger charge is 2.35. The van der Waals surface area contributed by atoms with Gasteiger partial charge in [0.15, 0.2) is 0 Å². The van der Waals surface area contributed by atoms with Crippen LogP contribution >= 0.6 is 11.3 Å². The van der Waals surface area contributed by atoms with Crippen LogP contribution < -0.4 is 5.32 Å². The summed E-state index contributed by atoms with van der Waals surface area (Å²) in [6, 6.07) is 8.94. The van der Waals surface area contributed by atoms with Crippen LogP contribution in [-0.2, 0) is 17.4 Å². The number of rotatable bonds is 7. The van der Waals surface area contributed by atoms with Gasteiger partial charge in [0.2, 0.25) is 10.1 Å². The Balaban J connectivity index is 2.07. The van der Waals surface area contributed by atoms with Crippen molar-refractivity contribution in [2.75, 3.05) is 5.32 Å². The van der Waals surface area contributed by atoms with Crippen molar-refractivity contribution in [1.82, 2.24) is 10.2 Å². The van der Waals surface area contributed by atoms with Gasteiger partial charge in [0.25, 0.3) is 0 Å². The van der Waals surface area contributed by atoms with Crippen LogP contribution in [0.15, 0.2) is 30.3 Å². The minimum Gasteiger partial charge on any atom is -0.481 e. The molecule has 124 valence electrons. The molecule has 2 N–H and O–H groups in total. The maximum absolute atomic E-state index is 12.5. The number of carbonyl (C=O) groups is 1. The maximum Gasteiger partial charge on any atom is 0.445 e. The first-order chi connectivity index (χ1) is 10.8. The summed E-state index contributed by atoms with van der Waals surface area (Å²) in [5.74, 6) is -0.960. The smallest absolute Gasteiger partial charge is 0.445 e. The van der Waals surface area contributed by atoms with Crippen LogP contribution in [0.5, 0.6) is 0 Å². The lowest BCUT2D eigenvalue weighted by molar-refractivity contribution is -0.138. The van der Waals surface area contributed by atoms with Gasteiger partial charge in [-0.15, -0.1) is 10.2 Å². The predicted molar refractivity (Wildman–Crippen MR) is 79.3 cm³/mol. The molecule has 1 atom stereocenters. The lowest BCUT2D eigenvalue weighted by Crippen LogP contribution is -2.23. The third-order valence-electron chi connectivity index (χ3n) is 3.03. The Morgan fingerprint density at radius 2 is 1.96 bits per heavy atom. The molecule has 0 radical (unpaired) electrons. The fraction of sp³-hybridized carbons (Fsp3) is 0.357. The van der Waals surface area contributed by atoms with Crippen molar-refractivity contribution in [3.8, 4) is 0 Å². The first kappa shape index (κ1) is 17.2. The van der Waals surface area contributed by atoms with Crippen molar-refractivity contribution in [3.05, 3.63) is 40.9 Å². The van der Waals surface area contributed by atoms with Crippen LogP contribution in [0.2, 0.25) is 0 Å². The van der Waals surface area contributed by atoms with Crippen LogP contribution in [-0.4, -0.2) is 27.3 Å². The molecular formula is C14H14F3N3O2S. The van der Waals surface area contributed by atoms with Gasteiger partial charge in [0.05, 0.1) is 0 Å². The van der Waals surface area contributed by atoms with Crippen LogP contribution in [0.3, 0.4) is 0 Å². The van der Waals surface area contributed by atoms with E-state index < -0.39 is 17.2 Å². The Kier molecular flexibility index (Phi) is 5.54. The van der Waals surface area contributed by atoms with Gasteiger partial charge in [-0.25, -0.2) is 0 Å². The van der Waals surface area contributed by atoms with E-state index in [2.05, 4.69) is 15.5 Å². The van der Waals surface area contributed by atoms with Gasteiger partial charge in [0.1, 0.15) is 0 Å². The quantitative estimate of drug-likeness (QED) is 0.804. The molecule has 23 heavy (non-hydrogen) atoms. The lowest BCUT2D eigenvalue weighted by Gasteiger charge is -2.17. The van der Waals surface area contributed by atoms with Crippen molar-refractivity contribution >= 4 is 22.4 Å². The molecule has 0 saturated heterocycles. The second-order valence-electron chi connectivity index (χ2n) is 4.87. The number of hydrogen-bond acceptors (Lipinski definition) is 5. The number of halogens is 3. The van der Waals surface area contributed by atoms with Crippen molar-refractivity contribution < 1.29 is 23.1 Å². The molecule has 2 aromatic rings. The maximum atomic E-state index is 12.5. The van der Waals surface area contributed by atoms with Gasteiger partial charge >= 0.3 is 12.1 Å². The second kappa shape index (κ2) is 7.40. The monoisotopic (exact) mass is 345 g/mol. The summed E-state index contributed by atoms with van der Waals surface area (Å²) in [7, 11) is 0. The third kappa shape index (κ3) is 5.51. The van der Waals surface area contributed by atoms with Crippen LogP contribution in [0.4, 0.5) is 18.3 Å². The van der Waals surface area contributed by atoms with E-state index in [1.165, 1.54) is 0 Å². The highest BCUT2D eigenvalue weighted by Crippen LogP contribution is 2.33. The predicted octanol–water partition coefficient (Wildman–Crippen LogP) is 3.44. The number of hydrogen-bond donors (Lipinski definition) is 2. The first-order valence-corrected chi connectivity index (χ1v) is 7.59. The molecule has 9 heteroatoms. The molecule has 0 aliphatic heterocycles. The molecule has 5 nitrogen and oxygen atoms in total. The summed E-state index contributed by atoms with van der Waals surface area (Å²) in [4.78, 5) is 10.7. The Morgan fingerprint density at radius 1 is 1.26 bits per heavy atom. The summed E-state index contributed by atoms with van der Waals surface area (Å²) >= 11 is 0.407. The minimum absolute atomic E-state index is 0.0312. The SMILES string of the molecule is O=C(O)CCC(Cc1ccccc1)Nc1nnc(C(F)(F)F)s1. The number of anilines is 1. The molecule has 1 aromatic heterocycles. The van der Waals surface area contributed by atoms with Crippen LogP contribution in [0.1, 0.15) is 23.4 Å². The summed E-state index contributed by atoms with van der Waals surface area (Å²) in [5.41, 5.74) is 0.955. The van der Waals surface area contributed by atoms with E-state index in [1.807, 2.05) is 30.3 Å². The highest BCUT2D eigenvalue weighted by molar-refractivity contribution is 7.15. The van der Waals surface area contributed by atoms with Gasteiger partial charge < -0.3 is 10.4 Å². The summed E-state index contributed by atoms with van der Waals surface area (Å²) in [6.07, 6.45) is -3.87. The second-order valence-corrected chi connectivity index (χ2v) is 5.85. The number of carboxylic acid groups (broad SMARTS) is 1. The molecule has 0 aliphatic carbocycles. The van der Waals surface area contributed by atoms with Gasteiger partial charge in [0, 0.05) is 12.5 Å². The standard InChI is InChI=1S/C14H14F3N3O2S/c15-14(16,17)12-19-20-13(23-12)18-10(6-7-11(21)22)8-9-4-2-1-3-5-9/h1-5,10H,6-8H2,(H,18,20)(H,21,22). The molecule has 2 rings (SSSR count). The molecule has 0 spiro atoms. The summed E-state index contributed by atoms with van der Waals surface area (Å²) in [5, 5.41) is 17.2. The highest BCUT2D eigenvalue weighted by atomic mass is 32.1. The largest absolute Gasteiger partial charge is 0.481 e. The fourth-order valence-electron chi connectivity index (χ4n) is 1.99. The minimum atomic E-state index is -4.53. The van der Waals surface area contributed by atoms with Crippen LogP contribution in [0.25, 0.3) is 0 Å². The number of carboxylic acids is 1. The number of aromatic nitrogens is 2. The van der Waals surface area contributed by atoms with E-state index in [-0.39, 0.29) is 24.0 Å². The number of nitrogens with zero attached hydrogens (tertiary/aromatic N) is 2. The Bertz CT molecular complexity index is 646. The van der Waals surface area contributed by atoms with Gasteiger partial charge in [-0.3, -0.25) is 4.79 Å². The Hall–Kier alpha value is -2.16. The number of alkyl halides is 3. The molecule has 0 aliphatic rings. The van der Waals surface area contributed by atoms with Gasteiger partial charge in [-0.2, -0.15) is 13.2 Å². The lowest BCUT2D eigenvalue weighted by atomic mass is 10.0. The molecule has 1 heterocycles.